The first kappa shape index (κ1) is 13.7. The fraction of sp³-hybridized carbons (Fsp3) is 0.500. The van der Waals surface area contributed by atoms with Gasteiger partial charge in [0.05, 0.1) is 19.3 Å². The molecule has 0 aliphatic carbocycles. The van der Waals surface area contributed by atoms with Gasteiger partial charge in [0.15, 0.2) is 0 Å². The van der Waals surface area contributed by atoms with Crippen molar-refractivity contribution in [3.05, 3.63) is 17.7 Å². The second-order valence-electron chi connectivity index (χ2n) is 5.28. The predicted molar refractivity (Wildman–Crippen MR) is 76.6 cm³/mol. The van der Waals surface area contributed by atoms with Crippen molar-refractivity contribution in [3.63, 3.8) is 0 Å². The Balaban J connectivity index is 2.36. The molecule has 0 fully saturated rings. The lowest BCUT2D eigenvalue weighted by molar-refractivity contribution is -0.119. The molecule has 2 N–H and O–H groups in total. The Morgan fingerprint density at radius 1 is 1.53 bits per heavy atom. The van der Waals surface area contributed by atoms with Crippen LogP contribution in [0.15, 0.2) is 12.1 Å². The summed E-state index contributed by atoms with van der Waals surface area (Å²) in [4.78, 5) is 16.0. The van der Waals surface area contributed by atoms with Crippen molar-refractivity contribution in [2.45, 2.75) is 19.4 Å². The molecule has 1 atom stereocenters. The minimum Gasteiger partial charge on any atom is -0.495 e. The zero-order valence-electron chi connectivity index (χ0n) is 11.9. The summed E-state index contributed by atoms with van der Waals surface area (Å²) in [5.74, 6) is 0.772. The number of hydrogen-bond acceptors (Lipinski definition) is 4. The van der Waals surface area contributed by atoms with Crippen LogP contribution in [0.3, 0.4) is 0 Å². The molecule has 0 saturated heterocycles. The van der Waals surface area contributed by atoms with Gasteiger partial charge in [0, 0.05) is 11.7 Å². The van der Waals surface area contributed by atoms with Crippen LogP contribution in [0.5, 0.6) is 5.75 Å². The summed E-state index contributed by atoms with van der Waals surface area (Å²) in [5.41, 5.74) is 8.54. The first-order valence-electron chi connectivity index (χ1n) is 6.37. The molecule has 0 bridgehead atoms. The molecule has 2 rings (SSSR count). The van der Waals surface area contributed by atoms with E-state index in [1.54, 1.807) is 7.11 Å². The van der Waals surface area contributed by atoms with Gasteiger partial charge in [0.2, 0.25) is 5.91 Å². The van der Waals surface area contributed by atoms with Crippen molar-refractivity contribution in [2.24, 2.45) is 0 Å². The number of benzene rings is 1. The van der Waals surface area contributed by atoms with Crippen molar-refractivity contribution in [1.29, 1.82) is 0 Å². The maximum Gasteiger partial charge on any atom is 0.241 e. The SMILES string of the molecule is COc1cc2c(cc1N)N(C(=O)CN(C)C)[C@@H](C)C2. The molecule has 19 heavy (non-hydrogen) atoms. The van der Waals surface area contributed by atoms with E-state index in [0.29, 0.717) is 18.0 Å². The number of nitrogens with zero attached hydrogens (tertiary/aromatic N) is 2. The summed E-state index contributed by atoms with van der Waals surface area (Å²) in [7, 11) is 5.38. The molecule has 0 spiro atoms. The van der Waals surface area contributed by atoms with Crippen LogP contribution in [-0.4, -0.2) is 44.6 Å². The maximum atomic E-state index is 12.3. The van der Waals surface area contributed by atoms with E-state index in [1.807, 2.05) is 36.0 Å². The highest BCUT2D eigenvalue weighted by atomic mass is 16.5. The van der Waals surface area contributed by atoms with Crippen LogP contribution in [0, 0.1) is 0 Å². The molecule has 0 saturated carbocycles. The summed E-state index contributed by atoms with van der Waals surface area (Å²) in [6.45, 7) is 2.45. The van der Waals surface area contributed by atoms with Crippen molar-refractivity contribution < 1.29 is 9.53 Å². The third kappa shape index (κ3) is 2.51. The molecule has 1 aromatic rings. The largest absolute Gasteiger partial charge is 0.495 e. The Bertz CT molecular complexity index is 500. The van der Waals surface area contributed by atoms with Gasteiger partial charge in [-0.25, -0.2) is 0 Å². The van der Waals surface area contributed by atoms with Gasteiger partial charge in [-0.3, -0.25) is 4.79 Å². The number of anilines is 2. The van der Waals surface area contributed by atoms with Crippen LogP contribution in [0.1, 0.15) is 12.5 Å². The van der Waals surface area contributed by atoms with Crippen LogP contribution in [0.25, 0.3) is 0 Å². The first-order chi connectivity index (χ1) is 8.93. The molecule has 0 radical (unpaired) electrons. The second-order valence-corrected chi connectivity index (χ2v) is 5.28. The summed E-state index contributed by atoms with van der Waals surface area (Å²) in [6.07, 6.45) is 0.838. The van der Waals surface area contributed by atoms with Crippen LogP contribution >= 0.6 is 0 Å². The van der Waals surface area contributed by atoms with Gasteiger partial charge in [-0.1, -0.05) is 0 Å². The van der Waals surface area contributed by atoms with Gasteiger partial charge in [-0.05, 0) is 45.1 Å². The number of ether oxygens (including phenoxy) is 1. The Kier molecular flexibility index (Phi) is 3.66. The molecule has 104 valence electrons. The molecule has 0 unspecified atom stereocenters. The maximum absolute atomic E-state index is 12.3. The minimum absolute atomic E-state index is 0.0980. The van der Waals surface area contributed by atoms with Crippen molar-refractivity contribution in [1.82, 2.24) is 4.90 Å². The predicted octanol–water partition coefficient (Wildman–Crippen LogP) is 1.12. The number of nitrogens with two attached hydrogens (primary N) is 1. The molecular weight excluding hydrogens is 242 g/mol. The standard InChI is InChI=1S/C14H21N3O2/c1-9-5-10-6-13(19-4)11(15)7-12(10)17(9)14(18)8-16(2)3/h6-7,9H,5,8,15H2,1-4H3/t9-/m0/s1. The number of amides is 1. The Labute approximate surface area is 113 Å². The summed E-state index contributed by atoms with van der Waals surface area (Å²) in [6, 6.07) is 3.93. The van der Waals surface area contributed by atoms with E-state index < -0.39 is 0 Å². The van der Waals surface area contributed by atoms with E-state index in [9.17, 15) is 4.79 Å². The number of nitrogen functional groups attached to an aromatic ring is 1. The van der Waals surface area contributed by atoms with Gasteiger partial charge in [-0.2, -0.15) is 0 Å². The smallest absolute Gasteiger partial charge is 0.241 e. The lowest BCUT2D eigenvalue weighted by Gasteiger charge is -2.24. The molecule has 0 aromatic heterocycles. The van der Waals surface area contributed by atoms with Gasteiger partial charge in [-0.15, -0.1) is 0 Å². The highest BCUT2D eigenvalue weighted by Gasteiger charge is 2.31. The fourth-order valence-electron chi connectivity index (χ4n) is 2.57. The van der Waals surface area contributed by atoms with E-state index in [-0.39, 0.29) is 11.9 Å². The Hall–Kier alpha value is -1.75. The average Bonchev–Trinajstić information content (AvgIpc) is 2.62. The summed E-state index contributed by atoms with van der Waals surface area (Å²) in [5, 5.41) is 0. The monoisotopic (exact) mass is 263 g/mol. The van der Waals surface area contributed by atoms with Crippen LogP contribution < -0.4 is 15.4 Å². The third-order valence-corrected chi connectivity index (χ3v) is 3.37. The molecule has 5 nitrogen and oxygen atoms in total. The van der Waals surface area contributed by atoms with Gasteiger partial charge in [0.1, 0.15) is 5.75 Å². The van der Waals surface area contributed by atoms with Gasteiger partial charge in [0.25, 0.3) is 0 Å². The Morgan fingerprint density at radius 3 is 2.79 bits per heavy atom. The lowest BCUT2D eigenvalue weighted by Crippen LogP contribution is -2.41. The molecule has 1 aliphatic heterocycles. The molecule has 1 aromatic carbocycles. The van der Waals surface area contributed by atoms with E-state index in [2.05, 4.69) is 6.92 Å². The number of fused-ring (bicyclic) bond motifs is 1. The number of rotatable bonds is 3. The normalized spacial score (nSPS) is 17.7. The van der Waals surface area contributed by atoms with E-state index in [0.717, 1.165) is 17.7 Å². The second kappa shape index (κ2) is 5.09. The van der Waals surface area contributed by atoms with Gasteiger partial charge < -0.3 is 20.3 Å². The molecule has 1 heterocycles. The van der Waals surface area contributed by atoms with E-state index in [4.69, 9.17) is 10.5 Å². The first-order valence-corrected chi connectivity index (χ1v) is 6.37. The molecule has 5 heteroatoms. The minimum atomic E-state index is 0.0980. The summed E-state index contributed by atoms with van der Waals surface area (Å²) < 4.78 is 5.23. The summed E-state index contributed by atoms with van der Waals surface area (Å²) >= 11 is 0. The Morgan fingerprint density at radius 2 is 2.21 bits per heavy atom. The van der Waals surface area contributed by atoms with Crippen molar-refractivity contribution >= 4 is 17.3 Å². The van der Waals surface area contributed by atoms with E-state index in [1.165, 1.54) is 0 Å². The number of methoxy groups -OCH3 is 1. The lowest BCUT2D eigenvalue weighted by atomic mass is 10.1. The topological polar surface area (TPSA) is 58.8 Å². The average molecular weight is 263 g/mol. The van der Waals surface area contributed by atoms with Gasteiger partial charge >= 0.3 is 0 Å². The number of likely N-dealkylation sites (N-methyl/N-ethyl adjacent to an activating group) is 1. The molecule has 1 aliphatic rings. The highest BCUT2D eigenvalue weighted by Crippen LogP contribution is 2.38. The zero-order chi connectivity index (χ0) is 14.2. The highest BCUT2D eigenvalue weighted by molar-refractivity contribution is 5.98. The quantitative estimate of drug-likeness (QED) is 0.830. The van der Waals surface area contributed by atoms with Crippen LogP contribution in [-0.2, 0) is 11.2 Å². The number of carbonyl (C=O) groups excluding carboxylic acids is 1. The molecule has 1 amide bonds. The zero-order valence-corrected chi connectivity index (χ0v) is 11.9. The molecular formula is C14H21N3O2. The van der Waals surface area contributed by atoms with Crippen molar-refractivity contribution in [2.75, 3.05) is 38.4 Å². The van der Waals surface area contributed by atoms with E-state index >= 15 is 0 Å². The number of hydrogen-bond donors (Lipinski definition) is 1. The fourth-order valence-corrected chi connectivity index (χ4v) is 2.57. The third-order valence-electron chi connectivity index (χ3n) is 3.37. The number of carbonyl (C=O) groups is 1. The van der Waals surface area contributed by atoms with Crippen LogP contribution in [0.2, 0.25) is 0 Å². The van der Waals surface area contributed by atoms with Crippen LogP contribution in [0.4, 0.5) is 11.4 Å². The van der Waals surface area contributed by atoms with Crippen molar-refractivity contribution in [3.8, 4) is 5.75 Å².